The number of ether oxygens (including phenoxy) is 1. The summed E-state index contributed by atoms with van der Waals surface area (Å²) in [6, 6.07) is 21.3. The Morgan fingerprint density at radius 3 is 2.12 bits per heavy atom. The molecule has 4 N–H and O–H groups in total. The predicted molar refractivity (Wildman–Crippen MR) is 104 cm³/mol. The number of pyridine rings is 1. The van der Waals surface area contributed by atoms with E-state index in [4.69, 9.17) is 16.2 Å². The lowest BCUT2D eigenvalue weighted by atomic mass is 10.0. The van der Waals surface area contributed by atoms with Crippen LogP contribution in [-0.2, 0) is 0 Å². The number of nitrogens with two attached hydrogens (primary N) is 2. The molecule has 0 aliphatic heterocycles. The maximum atomic E-state index is 5.41. The molecule has 6 heteroatoms. The summed E-state index contributed by atoms with van der Waals surface area (Å²) in [6.45, 7) is 0. The number of aromatic nitrogens is 1. The number of guanidine groups is 1. The Bertz CT molecular complexity index is 913. The van der Waals surface area contributed by atoms with Crippen molar-refractivity contribution in [1.29, 1.82) is 0 Å². The van der Waals surface area contributed by atoms with Crippen LogP contribution in [0.2, 0.25) is 0 Å². The highest BCUT2D eigenvalue weighted by molar-refractivity contribution is 6.11. The van der Waals surface area contributed by atoms with Crippen molar-refractivity contribution in [2.45, 2.75) is 0 Å². The zero-order valence-electron chi connectivity index (χ0n) is 14.3. The fourth-order valence-electron chi connectivity index (χ4n) is 2.45. The Kier molecular flexibility index (Phi) is 5.24. The van der Waals surface area contributed by atoms with Gasteiger partial charge < -0.3 is 16.2 Å². The molecule has 0 aliphatic carbocycles. The molecule has 1 heterocycles. The highest BCUT2D eigenvalue weighted by Gasteiger charge is 2.09. The van der Waals surface area contributed by atoms with Gasteiger partial charge in [-0.05, 0) is 23.8 Å². The lowest BCUT2D eigenvalue weighted by Gasteiger charge is -2.07. The van der Waals surface area contributed by atoms with Crippen LogP contribution in [0.1, 0.15) is 11.3 Å². The fraction of sp³-hybridized carbons (Fsp3) is 0.0500. The number of rotatable bonds is 5. The Balaban J connectivity index is 1.95. The Labute approximate surface area is 151 Å². The summed E-state index contributed by atoms with van der Waals surface area (Å²) >= 11 is 0. The number of hydrogen-bond donors (Lipinski definition) is 2. The molecule has 2 aromatic carbocycles. The van der Waals surface area contributed by atoms with E-state index in [2.05, 4.69) is 15.2 Å². The lowest BCUT2D eigenvalue weighted by molar-refractivity contribution is 0.415. The van der Waals surface area contributed by atoms with Crippen LogP contribution in [0.5, 0.6) is 5.75 Å². The molecule has 26 heavy (non-hydrogen) atoms. The van der Waals surface area contributed by atoms with Gasteiger partial charge in [-0.15, -0.1) is 10.2 Å². The summed E-state index contributed by atoms with van der Waals surface area (Å²) in [5, 5.41) is 7.95. The van der Waals surface area contributed by atoms with Crippen LogP contribution >= 0.6 is 0 Å². The van der Waals surface area contributed by atoms with Crippen LogP contribution in [0.4, 0.5) is 0 Å². The largest absolute Gasteiger partial charge is 0.497 e. The van der Waals surface area contributed by atoms with E-state index in [1.807, 2.05) is 66.7 Å². The SMILES string of the molecule is COc1ccc(-c2ccc(/C(=N\N=C(N)N)c3ccccc3)nc2)cc1. The predicted octanol–water partition coefficient (Wildman–Crippen LogP) is 2.78. The van der Waals surface area contributed by atoms with Crippen LogP contribution in [0, 0.1) is 0 Å². The van der Waals surface area contributed by atoms with Gasteiger partial charge in [0.1, 0.15) is 11.5 Å². The zero-order chi connectivity index (χ0) is 18.4. The van der Waals surface area contributed by atoms with Crippen molar-refractivity contribution in [1.82, 2.24) is 4.98 Å². The van der Waals surface area contributed by atoms with Crippen molar-refractivity contribution < 1.29 is 4.74 Å². The van der Waals surface area contributed by atoms with Crippen LogP contribution in [0.25, 0.3) is 11.1 Å². The molecule has 130 valence electrons. The smallest absolute Gasteiger partial charge is 0.211 e. The molecule has 0 amide bonds. The Morgan fingerprint density at radius 2 is 1.54 bits per heavy atom. The van der Waals surface area contributed by atoms with Crippen molar-refractivity contribution in [3.63, 3.8) is 0 Å². The summed E-state index contributed by atoms with van der Waals surface area (Å²) in [5.74, 6) is 0.711. The molecule has 0 aliphatic rings. The van der Waals surface area contributed by atoms with Crippen molar-refractivity contribution in [2.75, 3.05) is 7.11 Å². The summed E-state index contributed by atoms with van der Waals surface area (Å²) in [7, 11) is 1.65. The van der Waals surface area contributed by atoms with Gasteiger partial charge in [0.25, 0.3) is 0 Å². The molecule has 6 nitrogen and oxygen atoms in total. The average Bonchev–Trinajstić information content (AvgIpc) is 2.69. The highest BCUT2D eigenvalue weighted by Crippen LogP contribution is 2.22. The maximum absolute atomic E-state index is 5.41. The second-order valence-corrected chi connectivity index (χ2v) is 5.50. The first-order valence-electron chi connectivity index (χ1n) is 8.00. The van der Waals surface area contributed by atoms with E-state index in [0.29, 0.717) is 11.4 Å². The van der Waals surface area contributed by atoms with Gasteiger partial charge in [0, 0.05) is 17.3 Å². The quantitative estimate of drug-likeness (QED) is 0.422. The molecule has 0 spiro atoms. The number of hydrogen-bond acceptors (Lipinski definition) is 4. The summed E-state index contributed by atoms with van der Waals surface area (Å²) in [6.07, 6.45) is 1.80. The minimum atomic E-state index is -0.103. The molecule has 3 aromatic rings. The number of nitrogens with zero attached hydrogens (tertiary/aromatic N) is 3. The molecule has 3 rings (SSSR count). The maximum Gasteiger partial charge on any atom is 0.211 e. The zero-order valence-corrected chi connectivity index (χ0v) is 14.3. The van der Waals surface area contributed by atoms with Gasteiger partial charge in [-0.25, -0.2) is 0 Å². The number of methoxy groups -OCH3 is 1. The molecule has 0 fully saturated rings. The molecule has 0 radical (unpaired) electrons. The van der Waals surface area contributed by atoms with Gasteiger partial charge in [0.2, 0.25) is 5.96 Å². The first kappa shape index (κ1) is 17.2. The molecule has 0 bridgehead atoms. The lowest BCUT2D eigenvalue weighted by Crippen LogP contribution is -2.22. The second kappa shape index (κ2) is 7.94. The third-order valence-electron chi connectivity index (χ3n) is 3.74. The first-order valence-corrected chi connectivity index (χ1v) is 8.00. The minimum absolute atomic E-state index is 0.103. The minimum Gasteiger partial charge on any atom is -0.497 e. The molecule has 1 aromatic heterocycles. The van der Waals surface area contributed by atoms with E-state index in [0.717, 1.165) is 22.4 Å². The third kappa shape index (κ3) is 4.05. The van der Waals surface area contributed by atoms with E-state index in [1.54, 1.807) is 13.3 Å². The van der Waals surface area contributed by atoms with Crippen LogP contribution < -0.4 is 16.2 Å². The highest BCUT2D eigenvalue weighted by atomic mass is 16.5. The van der Waals surface area contributed by atoms with Crippen LogP contribution in [0.15, 0.2) is 83.1 Å². The average molecular weight is 345 g/mol. The Morgan fingerprint density at radius 1 is 0.846 bits per heavy atom. The van der Waals surface area contributed by atoms with Gasteiger partial charge in [0.05, 0.1) is 12.8 Å². The van der Waals surface area contributed by atoms with Gasteiger partial charge in [-0.3, -0.25) is 4.98 Å². The molecule has 0 atom stereocenters. The van der Waals surface area contributed by atoms with Gasteiger partial charge in [-0.2, -0.15) is 0 Å². The molecule has 0 saturated heterocycles. The van der Waals surface area contributed by atoms with E-state index >= 15 is 0 Å². The van der Waals surface area contributed by atoms with Crippen molar-refractivity contribution >= 4 is 11.7 Å². The van der Waals surface area contributed by atoms with Crippen LogP contribution in [-0.4, -0.2) is 23.8 Å². The summed E-state index contributed by atoms with van der Waals surface area (Å²) in [4.78, 5) is 4.54. The molecule has 0 unspecified atom stereocenters. The topological polar surface area (TPSA) is 98.9 Å². The fourth-order valence-corrected chi connectivity index (χ4v) is 2.45. The van der Waals surface area contributed by atoms with Gasteiger partial charge >= 0.3 is 0 Å². The monoisotopic (exact) mass is 345 g/mol. The van der Waals surface area contributed by atoms with E-state index in [-0.39, 0.29) is 5.96 Å². The summed E-state index contributed by atoms with van der Waals surface area (Å²) in [5.41, 5.74) is 15.0. The van der Waals surface area contributed by atoms with Gasteiger partial charge in [0.15, 0.2) is 0 Å². The van der Waals surface area contributed by atoms with E-state index in [1.165, 1.54) is 0 Å². The summed E-state index contributed by atoms with van der Waals surface area (Å²) < 4.78 is 5.19. The van der Waals surface area contributed by atoms with Crippen LogP contribution in [0.3, 0.4) is 0 Å². The molecular formula is C20H19N5O. The second-order valence-electron chi connectivity index (χ2n) is 5.50. The third-order valence-corrected chi connectivity index (χ3v) is 3.74. The van der Waals surface area contributed by atoms with Gasteiger partial charge in [-0.1, -0.05) is 48.5 Å². The first-order chi connectivity index (χ1) is 12.7. The van der Waals surface area contributed by atoms with Crippen molar-refractivity contribution in [3.8, 4) is 16.9 Å². The van der Waals surface area contributed by atoms with Crippen molar-refractivity contribution in [2.24, 2.45) is 21.7 Å². The number of benzene rings is 2. The van der Waals surface area contributed by atoms with E-state index < -0.39 is 0 Å². The normalized spacial score (nSPS) is 11.0. The Hall–Kier alpha value is -3.67. The molecule has 0 saturated carbocycles. The standard InChI is InChI=1S/C20H19N5O/c1-26-17-10-7-14(8-11-17)16-9-12-18(23-13-16)19(24-25-20(21)22)15-5-3-2-4-6-15/h2-13H,1H3,(H4,21,22,25)/b24-19-. The van der Waals surface area contributed by atoms with Crippen molar-refractivity contribution in [3.05, 3.63) is 84.2 Å². The molecular weight excluding hydrogens is 326 g/mol. The van der Waals surface area contributed by atoms with E-state index in [9.17, 15) is 0 Å².